The predicted molar refractivity (Wildman–Crippen MR) is 313 cm³/mol. The molecule has 74 heavy (non-hydrogen) atoms. The standard InChI is InChI=1S/C73H49N/c1-5-24-52(25-6-1)70-63-36-16-15-35-61(63)62-48-45-54(49-65(62)71(70)53-26-7-2-8-27-53)60-34-18-20-41-68(60)74(57-46-43-51(44-47-57)59-38-21-28-50-23-13-14-33-58(50)59)69-42-22-40-67-72(69)64-37-17-19-39-66(64)73(67,55-29-9-3-10-30-55)56-31-11-4-12-32-56/h1-49H. The van der Waals surface area contributed by atoms with Gasteiger partial charge in [-0.25, -0.2) is 0 Å². The molecule has 0 atom stereocenters. The first-order chi connectivity index (χ1) is 36.8. The first-order valence-corrected chi connectivity index (χ1v) is 25.7. The monoisotopic (exact) mass is 939 g/mol. The highest BCUT2D eigenvalue weighted by atomic mass is 15.1. The molecule has 0 bridgehead atoms. The molecular formula is C73H49N. The average Bonchev–Trinajstić information content (AvgIpc) is 3.87. The van der Waals surface area contributed by atoms with Gasteiger partial charge in [-0.3, -0.25) is 0 Å². The van der Waals surface area contributed by atoms with Crippen LogP contribution >= 0.6 is 0 Å². The lowest BCUT2D eigenvalue weighted by Crippen LogP contribution is -2.28. The van der Waals surface area contributed by atoms with Crippen molar-refractivity contribution in [1.29, 1.82) is 0 Å². The zero-order valence-electron chi connectivity index (χ0n) is 40.7. The van der Waals surface area contributed by atoms with Crippen LogP contribution in [-0.2, 0) is 5.41 Å². The van der Waals surface area contributed by atoms with E-state index >= 15 is 0 Å². The van der Waals surface area contributed by atoms with Crippen molar-refractivity contribution in [2.45, 2.75) is 5.41 Å². The smallest absolute Gasteiger partial charge is 0.0714 e. The molecule has 1 nitrogen and oxygen atoms in total. The van der Waals surface area contributed by atoms with Crippen molar-refractivity contribution in [2.75, 3.05) is 4.90 Å². The van der Waals surface area contributed by atoms with Crippen LogP contribution in [0.15, 0.2) is 297 Å². The minimum absolute atomic E-state index is 0.556. The number of benzene rings is 13. The Labute approximate surface area is 432 Å². The number of nitrogens with zero attached hydrogens (tertiary/aromatic N) is 1. The van der Waals surface area contributed by atoms with Gasteiger partial charge in [0.2, 0.25) is 0 Å². The molecule has 13 aromatic rings. The molecule has 14 rings (SSSR count). The minimum atomic E-state index is -0.556. The number of rotatable bonds is 9. The third-order valence-corrected chi connectivity index (χ3v) is 15.5. The van der Waals surface area contributed by atoms with Crippen LogP contribution in [-0.4, -0.2) is 0 Å². The summed E-state index contributed by atoms with van der Waals surface area (Å²) < 4.78 is 0. The Hall–Kier alpha value is -9.56. The molecule has 0 spiro atoms. The Morgan fingerprint density at radius 3 is 1.42 bits per heavy atom. The number of hydrogen-bond donors (Lipinski definition) is 0. The number of fused-ring (bicyclic) bond motifs is 7. The minimum Gasteiger partial charge on any atom is -0.309 e. The van der Waals surface area contributed by atoms with Gasteiger partial charge >= 0.3 is 0 Å². The highest BCUT2D eigenvalue weighted by Crippen LogP contribution is 2.60. The zero-order valence-corrected chi connectivity index (χ0v) is 40.7. The van der Waals surface area contributed by atoms with Crippen molar-refractivity contribution in [1.82, 2.24) is 0 Å². The SMILES string of the molecule is c1ccc(-c2c(-c3ccccc3)c3cc(-c4ccccc4N(c4ccc(-c5cccc6ccccc56)cc4)c4cccc5c4-c4ccccc4C5(c4ccccc4)c4ccccc4)ccc3c3ccccc23)cc1. The summed E-state index contributed by atoms with van der Waals surface area (Å²) in [7, 11) is 0. The molecule has 346 valence electrons. The number of anilines is 3. The van der Waals surface area contributed by atoms with Crippen molar-refractivity contribution in [3.05, 3.63) is 320 Å². The van der Waals surface area contributed by atoms with E-state index in [1.54, 1.807) is 0 Å². The molecule has 0 saturated heterocycles. The van der Waals surface area contributed by atoms with E-state index in [9.17, 15) is 0 Å². The second-order valence-electron chi connectivity index (χ2n) is 19.4. The molecule has 0 unspecified atom stereocenters. The van der Waals surface area contributed by atoms with Gasteiger partial charge in [-0.05, 0) is 129 Å². The summed E-state index contributed by atoms with van der Waals surface area (Å²) in [6.07, 6.45) is 0. The van der Waals surface area contributed by atoms with Crippen LogP contribution in [0.3, 0.4) is 0 Å². The van der Waals surface area contributed by atoms with Crippen LogP contribution in [0.2, 0.25) is 0 Å². The predicted octanol–water partition coefficient (Wildman–Crippen LogP) is 19.6. The second-order valence-corrected chi connectivity index (χ2v) is 19.4. The Balaban J connectivity index is 1.04. The first-order valence-electron chi connectivity index (χ1n) is 25.7. The summed E-state index contributed by atoms with van der Waals surface area (Å²) in [6.45, 7) is 0. The van der Waals surface area contributed by atoms with Crippen molar-refractivity contribution in [3.63, 3.8) is 0 Å². The Bertz CT molecular complexity index is 4170. The molecular weight excluding hydrogens is 891 g/mol. The van der Waals surface area contributed by atoms with E-state index in [1.165, 1.54) is 99.1 Å². The van der Waals surface area contributed by atoms with Crippen LogP contribution in [0.1, 0.15) is 22.3 Å². The summed E-state index contributed by atoms with van der Waals surface area (Å²) in [6, 6.07) is 110. The quantitative estimate of drug-likeness (QED) is 0.130. The highest BCUT2D eigenvalue weighted by Gasteiger charge is 2.47. The first kappa shape index (κ1) is 43.2. The van der Waals surface area contributed by atoms with E-state index < -0.39 is 5.41 Å². The summed E-state index contributed by atoms with van der Waals surface area (Å²) in [5.74, 6) is 0. The molecule has 1 heteroatoms. The summed E-state index contributed by atoms with van der Waals surface area (Å²) in [5.41, 5.74) is 19.8. The molecule has 13 aromatic carbocycles. The molecule has 1 aliphatic carbocycles. The molecule has 0 amide bonds. The normalized spacial score (nSPS) is 12.4. The lowest BCUT2D eigenvalue weighted by atomic mass is 9.68. The third kappa shape index (κ3) is 6.85. The van der Waals surface area contributed by atoms with E-state index in [4.69, 9.17) is 0 Å². The lowest BCUT2D eigenvalue weighted by molar-refractivity contribution is 0.768. The van der Waals surface area contributed by atoms with E-state index in [-0.39, 0.29) is 0 Å². The lowest BCUT2D eigenvalue weighted by Gasteiger charge is -2.34. The van der Waals surface area contributed by atoms with Gasteiger partial charge in [0.15, 0.2) is 0 Å². The number of para-hydroxylation sites is 1. The Morgan fingerprint density at radius 1 is 0.243 bits per heavy atom. The van der Waals surface area contributed by atoms with E-state index in [0.717, 1.165) is 28.2 Å². The molecule has 0 saturated carbocycles. The van der Waals surface area contributed by atoms with Crippen molar-refractivity contribution < 1.29 is 0 Å². The van der Waals surface area contributed by atoms with Gasteiger partial charge in [0.25, 0.3) is 0 Å². The molecule has 1 aliphatic rings. The fourth-order valence-corrected chi connectivity index (χ4v) is 12.4. The number of hydrogen-bond acceptors (Lipinski definition) is 1. The highest BCUT2D eigenvalue weighted by molar-refractivity contribution is 6.22. The van der Waals surface area contributed by atoms with Crippen molar-refractivity contribution >= 4 is 49.4 Å². The largest absolute Gasteiger partial charge is 0.309 e. The zero-order chi connectivity index (χ0) is 49.0. The van der Waals surface area contributed by atoms with Gasteiger partial charge in [0, 0.05) is 16.8 Å². The van der Waals surface area contributed by atoms with Crippen LogP contribution in [0, 0.1) is 0 Å². The fraction of sp³-hybridized carbons (Fsp3) is 0.0137. The van der Waals surface area contributed by atoms with Gasteiger partial charge in [0.05, 0.1) is 16.8 Å². The third-order valence-electron chi connectivity index (χ3n) is 15.5. The van der Waals surface area contributed by atoms with E-state index in [0.29, 0.717) is 0 Å². The van der Waals surface area contributed by atoms with Crippen molar-refractivity contribution in [2.24, 2.45) is 0 Å². The Morgan fingerprint density at radius 2 is 0.716 bits per heavy atom. The average molecular weight is 940 g/mol. The molecule has 0 fully saturated rings. The summed E-state index contributed by atoms with van der Waals surface area (Å²) in [4.78, 5) is 2.53. The maximum atomic E-state index is 2.53. The second kappa shape index (κ2) is 17.9. The van der Waals surface area contributed by atoms with Gasteiger partial charge in [-0.2, -0.15) is 0 Å². The van der Waals surface area contributed by atoms with Crippen LogP contribution < -0.4 is 4.90 Å². The fourth-order valence-electron chi connectivity index (χ4n) is 12.4. The summed E-state index contributed by atoms with van der Waals surface area (Å²) in [5, 5.41) is 7.42. The van der Waals surface area contributed by atoms with Gasteiger partial charge in [-0.15, -0.1) is 0 Å². The van der Waals surface area contributed by atoms with Gasteiger partial charge in [-0.1, -0.05) is 267 Å². The molecule has 0 radical (unpaired) electrons. The maximum Gasteiger partial charge on any atom is 0.0714 e. The van der Waals surface area contributed by atoms with Crippen LogP contribution in [0.5, 0.6) is 0 Å². The van der Waals surface area contributed by atoms with Crippen LogP contribution in [0.25, 0.3) is 88.0 Å². The van der Waals surface area contributed by atoms with E-state index in [2.05, 4.69) is 302 Å². The molecule has 0 aliphatic heterocycles. The molecule has 0 N–H and O–H groups in total. The summed E-state index contributed by atoms with van der Waals surface area (Å²) >= 11 is 0. The maximum absolute atomic E-state index is 2.53. The molecule has 0 aromatic heterocycles. The van der Waals surface area contributed by atoms with Crippen LogP contribution in [0.4, 0.5) is 17.1 Å². The Kier molecular flexibility index (Phi) is 10.5. The molecule has 0 heterocycles. The van der Waals surface area contributed by atoms with Crippen molar-refractivity contribution in [3.8, 4) is 55.6 Å². The topological polar surface area (TPSA) is 3.24 Å². The van der Waals surface area contributed by atoms with E-state index in [1.807, 2.05) is 0 Å². The van der Waals surface area contributed by atoms with Gasteiger partial charge < -0.3 is 4.90 Å². The van der Waals surface area contributed by atoms with Gasteiger partial charge in [0.1, 0.15) is 0 Å².